The summed E-state index contributed by atoms with van der Waals surface area (Å²) in [7, 11) is 0. The van der Waals surface area contributed by atoms with Crippen LogP contribution in [0.5, 0.6) is 0 Å². The van der Waals surface area contributed by atoms with Crippen LogP contribution in [0.15, 0.2) is 18.3 Å². The summed E-state index contributed by atoms with van der Waals surface area (Å²) in [5.41, 5.74) is 6.99. The minimum Gasteiger partial charge on any atom is -0.396 e. The van der Waals surface area contributed by atoms with Gasteiger partial charge in [-0.05, 0) is 43.4 Å². The smallest absolute Gasteiger partial charge is 0.128 e. The Labute approximate surface area is 102 Å². The van der Waals surface area contributed by atoms with Crippen LogP contribution in [-0.2, 0) is 0 Å². The van der Waals surface area contributed by atoms with Crippen molar-refractivity contribution in [1.29, 1.82) is 0 Å². The van der Waals surface area contributed by atoms with Gasteiger partial charge >= 0.3 is 0 Å². The van der Waals surface area contributed by atoms with Crippen LogP contribution in [0.2, 0.25) is 0 Å². The molecule has 0 amide bonds. The Morgan fingerprint density at radius 3 is 3.18 bits per heavy atom. The summed E-state index contributed by atoms with van der Waals surface area (Å²) in [6, 6.07) is 4.06. The van der Waals surface area contributed by atoms with Crippen molar-refractivity contribution in [3.05, 3.63) is 23.9 Å². The monoisotopic (exact) mass is 235 g/mol. The van der Waals surface area contributed by atoms with Gasteiger partial charge in [0.05, 0.1) is 0 Å². The van der Waals surface area contributed by atoms with Crippen LogP contribution in [0.4, 0.5) is 5.82 Å². The molecule has 4 nitrogen and oxygen atoms in total. The molecule has 17 heavy (non-hydrogen) atoms. The Kier molecular flexibility index (Phi) is 3.97. The lowest BCUT2D eigenvalue weighted by molar-refractivity contribution is 0.208. The van der Waals surface area contributed by atoms with Gasteiger partial charge < -0.3 is 15.7 Å². The van der Waals surface area contributed by atoms with Crippen LogP contribution in [0.3, 0.4) is 0 Å². The fourth-order valence-corrected chi connectivity index (χ4v) is 2.31. The van der Waals surface area contributed by atoms with Gasteiger partial charge in [-0.2, -0.15) is 0 Å². The molecule has 94 valence electrons. The van der Waals surface area contributed by atoms with Crippen molar-refractivity contribution in [3.8, 4) is 0 Å². The molecule has 1 aliphatic heterocycles. The lowest BCUT2D eigenvalue weighted by Crippen LogP contribution is -2.37. The highest BCUT2D eigenvalue weighted by Crippen LogP contribution is 2.23. The van der Waals surface area contributed by atoms with Crippen molar-refractivity contribution >= 4 is 5.82 Å². The predicted octanol–water partition coefficient (Wildman–Crippen LogP) is 1.31. The van der Waals surface area contributed by atoms with E-state index in [-0.39, 0.29) is 12.6 Å². The predicted molar refractivity (Wildman–Crippen MR) is 68.9 cm³/mol. The van der Waals surface area contributed by atoms with Gasteiger partial charge in [-0.15, -0.1) is 0 Å². The van der Waals surface area contributed by atoms with Gasteiger partial charge in [-0.1, -0.05) is 0 Å². The standard InChI is InChI=1S/C13H21N3O/c1-10(14)12-4-5-15-13(7-12)16-6-2-3-11(8-16)9-17/h4-5,7,10-11,17H,2-3,6,8-9,14H2,1H3. The highest BCUT2D eigenvalue weighted by Gasteiger charge is 2.20. The molecule has 4 heteroatoms. The third-order valence-electron chi connectivity index (χ3n) is 3.40. The van der Waals surface area contributed by atoms with Gasteiger partial charge in [0.15, 0.2) is 0 Å². The molecule has 2 heterocycles. The van der Waals surface area contributed by atoms with E-state index in [1.807, 2.05) is 19.2 Å². The molecule has 1 fully saturated rings. The summed E-state index contributed by atoms with van der Waals surface area (Å²) < 4.78 is 0. The van der Waals surface area contributed by atoms with E-state index >= 15 is 0 Å². The third kappa shape index (κ3) is 2.96. The second kappa shape index (κ2) is 5.47. The molecule has 1 aromatic heterocycles. The van der Waals surface area contributed by atoms with E-state index < -0.39 is 0 Å². The van der Waals surface area contributed by atoms with E-state index in [0.717, 1.165) is 37.3 Å². The number of hydrogen-bond donors (Lipinski definition) is 2. The maximum absolute atomic E-state index is 9.23. The quantitative estimate of drug-likeness (QED) is 0.829. The van der Waals surface area contributed by atoms with Crippen molar-refractivity contribution in [2.75, 3.05) is 24.6 Å². The molecule has 2 unspecified atom stereocenters. The summed E-state index contributed by atoms with van der Waals surface area (Å²) in [6.07, 6.45) is 4.05. The number of anilines is 1. The molecular formula is C13H21N3O. The zero-order valence-electron chi connectivity index (χ0n) is 10.3. The van der Waals surface area contributed by atoms with Crippen LogP contribution >= 0.6 is 0 Å². The summed E-state index contributed by atoms with van der Waals surface area (Å²) in [5.74, 6) is 1.36. The van der Waals surface area contributed by atoms with Gasteiger partial charge in [0, 0.05) is 31.9 Å². The number of pyridine rings is 1. The van der Waals surface area contributed by atoms with E-state index in [1.54, 1.807) is 0 Å². The Morgan fingerprint density at radius 2 is 2.47 bits per heavy atom. The van der Waals surface area contributed by atoms with Gasteiger partial charge in [-0.3, -0.25) is 0 Å². The zero-order valence-corrected chi connectivity index (χ0v) is 10.3. The maximum atomic E-state index is 9.23. The molecule has 0 aliphatic carbocycles. The van der Waals surface area contributed by atoms with E-state index in [4.69, 9.17) is 5.73 Å². The first-order valence-electron chi connectivity index (χ1n) is 6.28. The van der Waals surface area contributed by atoms with E-state index in [9.17, 15) is 5.11 Å². The van der Waals surface area contributed by atoms with Gasteiger partial charge in [0.1, 0.15) is 5.82 Å². The van der Waals surface area contributed by atoms with Crippen molar-refractivity contribution in [2.45, 2.75) is 25.8 Å². The number of nitrogens with zero attached hydrogens (tertiary/aromatic N) is 2. The summed E-state index contributed by atoms with van der Waals surface area (Å²) >= 11 is 0. The van der Waals surface area contributed by atoms with Gasteiger partial charge in [0.25, 0.3) is 0 Å². The van der Waals surface area contributed by atoms with Crippen molar-refractivity contribution in [2.24, 2.45) is 11.7 Å². The molecule has 0 radical (unpaired) electrons. The minimum absolute atomic E-state index is 0.0372. The SMILES string of the molecule is CC(N)c1ccnc(N2CCCC(CO)C2)c1. The average Bonchev–Trinajstić information content (AvgIpc) is 2.39. The molecule has 0 saturated carbocycles. The Balaban J connectivity index is 2.13. The lowest BCUT2D eigenvalue weighted by atomic mass is 9.99. The van der Waals surface area contributed by atoms with E-state index in [1.165, 1.54) is 0 Å². The molecule has 3 N–H and O–H groups in total. The topological polar surface area (TPSA) is 62.4 Å². The van der Waals surface area contributed by atoms with Crippen LogP contribution in [0, 0.1) is 5.92 Å². The molecule has 1 saturated heterocycles. The van der Waals surface area contributed by atoms with Crippen LogP contribution in [0.1, 0.15) is 31.4 Å². The molecule has 0 bridgehead atoms. The first-order chi connectivity index (χ1) is 8.20. The lowest BCUT2D eigenvalue weighted by Gasteiger charge is -2.33. The largest absolute Gasteiger partial charge is 0.396 e. The highest BCUT2D eigenvalue weighted by molar-refractivity contribution is 5.42. The number of piperidine rings is 1. The number of aliphatic hydroxyl groups is 1. The van der Waals surface area contributed by atoms with Gasteiger partial charge in [-0.25, -0.2) is 4.98 Å². The Hall–Kier alpha value is -1.13. The molecule has 2 rings (SSSR count). The van der Waals surface area contributed by atoms with Crippen molar-refractivity contribution in [1.82, 2.24) is 4.98 Å². The molecular weight excluding hydrogens is 214 g/mol. The third-order valence-corrected chi connectivity index (χ3v) is 3.40. The fourth-order valence-electron chi connectivity index (χ4n) is 2.31. The first kappa shape index (κ1) is 12.3. The van der Waals surface area contributed by atoms with E-state index in [2.05, 4.69) is 16.0 Å². The maximum Gasteiger partial charge on any atom is 0.128 e. The van der Waals surface area contributed by atoms with Gasteiger partial charge in [0.2, 0.25) is 0 Å². The van der Waals surface area contributed by atoms with Crippen LogP contribution in [-0.4, -0.2) is 29.8 Å². The summed E-state index contributed by atoms with van der Waals surface area (Å²) in [6.45, 7) is 4.16. The summed E-state index contributed by atoms with van der Waals surface area (Å²) in [4.78, 5) is 6.65. The summed E-state index contributed by atoms with van der Waals surface area (Å²) in [5, 5.41) is 9.23. The highest BCUT2D eigenvalue weighted by atomic mass is 16.3. The molecule has 2 atom stereocenters. The molecule has 0 aromatic carbocycles. The number of nitrogens with two attached hydrogens (primary N) is 1. The minimum atomic E-state index is 0.0372. The van der Waals surface area contributed by atoms with Crippen LogP contribution in [0.25, 0.3) is 0 Å². The number of aliphatic hydroxyl groups excluding tert-OH is 1. The normalized spacial score (nSPS) is 22.5. The average molecular weight is 235 g/mol. The Morgan fingerprint density at radius 1 is 1.65 bits per heavy atom. The number of aromatic nitrogens is 1. The second-order valence-corrected chi connectivity index (χ2v) is 4.87. The van der Waals surface area contributed by atoms with E-state index in [0.29, 0.717) is 5.92 Å². The number of rotatable bonds is 3. The molecule has 1 aliphatic rings. The van der Waals surface area contributed by atoms with Crippen molar-refractivity contribution in [3.63, 3.8) is 0 Å². The Bertz CT molecular complexity index is 367. The molecule has 0 spiro atoms. The van der Waals surface area contributed by atoms with Crippen molar-refractivity contribution < 1.29 is 5.11 Å². The zero-order chi connectivity index (χ0) is 12.3. The first-order valence-corrected chi connectivity index (χ1v) is 6.28. The van der Waals surface area contributed by atoms with Crippen LogP contribution < -0.4 is 10.6 Å². The number of hydrogen-bond acceptors (Lipinski definition) is 4. The molecule has 1 aromatic rings. The fraction of sp³-hybridized carbons (Fsp3) is 0.615. The second-order valence-electron chi connectivity index (χ2n) is 4.87.